The Morgan fingerprint density at radius 3 is 1.47 bits per heavy atom. The van der Waals surface area contributed by atoms with Gasteiger partial charge in [-0.05, 0) is 192 Å². The van der Waals surface area contributed by atoms with Crippen LogP contribution in [0.5, 0.6) is 0 Å². The highest BCUT2D eigenvalue weighted by Gasteiger charge is 2.69. The van der Waals surface area contributed by atoms with Crippen molar-refractivity contribution in [3.05, 3.63) is 163 Å². The number of fused-ring (bicyclic) bond motifs is 5. The fourth-order valence-corrected chi connectivity index (χ4v) is 14.4. The summed E-state index contributed by atoms with van der Waals surface area (Å²) in [4.78, 5) is 2.43. The SMILES string of the molecule is CC1CC2CC(C)C3(OC4(c5cc(-c6cccc(N(c7ccc(-c8ccccc8)cc7)c7ccc(-c8ccccc8)cc7)c6)ccc53)C3CC5CC(C3)CC4C5)C(C1)C2. The van der Waals surface area contributed by atoms with Crippen molar-refractivity contribution >= 4 is 17.1 Å². The van der Waals surface area contributed by atoms with Crippen molar-refractivity contribution in [2.45, 2.75) is 82.8 Å². The third kappa shape index (κ3) is 5.69. The Morgan fingerprint density at radius 1 is 0.390 bits per heavy atom. The minimum absolute atomic E-state index is 0.134. The summed E-state index contributed by atoms with van der Waals surface area (Å²) in [6, 6.07) is 56.6. The molecule has 6 saturated carbocycles. The zero-order chi connectivity index (χ0) is 39.3. The summed E-state index contributed by atoms with van der Waals surface area (Å²) < 4.78 is 8.21. The van der Waals surface area contributed by atoms with E-state index in [1.165, 1.54) is 96.9 Å². The van der Waals surface area contributed by atoms with Gasteiger partial charge in [0.15, 0.2) is 0 Å². The molecule has 7 aliphatic rings. The lowest BCUT2D eigenvalue weighted by molar-refractivity contribution is -0.290. The molecule has 6 bridgehead atoms. The van der Waals surface area contributed by atoms with Crippen molar-refractivity contribution in [3.8, 4) is 33.4 Å². The first-order valence-electron chi connectivity index (χ1n) is 23.0. The molecule has 6 aliphatic carbocycles. The first-order valence-corrected chi connectivity index (χ1v) is 23.0. The average Bonchev–Trinajstić information content (AvgIpc) is 3.58. The van der Waals surface area contributed by atoms with E-state index in [-0.39, 0.29) is 11.2 Å². The molecule has 13 rings (SSSR count). The average molecular weight is 772 g/mol. The van der Waals surface area contributed by atoms with Gasteiger partial charge in [0, 0.05) is 17.1 Å². The second-order valence-electron chi connectivity index (χ2n) is 20.0. The van der Waals surface area contributed by atoms with E-state index in [4.69, 9.17) is 4.74 Å². The van der Waals surface area contributed by atoms with Crippen LogP contribution >= 0.6 is 0 Å². The summed E-state index contributed by atoms with van der Waals surface area (Å²) in [5.74, 6) is 5.95. The predicted octanol–water partition coefficient (Wildman–Crippen LogP) is 15.1. The molecule has 1 heterocycles. The Bertz CT molecular complexity index is 2370. The first-order chi connectivity index (χ1) is 28.9. The number of anilines is 3. The largest absolute Gasteiger partial charge is 0.358 e. The highest BCUT2D eigenvalue weighted by Crippen LogP contribution is 2.72. The third-order valence-corrected chi connectivity index (χ3v) is 16.5. The van der Waals surface area contributed by atoms with Crippen molar-refractivity contribution in [1.29, 1.82) is 0 Å². The predicted molar refractivity (Wildman–Crippen MR) is 243 cm³/mol. The monoisotopic (exact) mass is 771 g/mol. The number of benzene rings is 6. The number of hydrogen-bond donors (Lipinski definition) is 0. The Labute approximate surface area is 351 Å². The number of ether oxygens (including phenoxy) is 1. The molecular formula is C57H57NO. The second kappa shape index (κ2) is 13.8. The Morgan fingerprint density at radius 2 is 0.881 bits per heavy atom. The molecule has 2 heteroatoms. The van der Waals surface area contributed by atoms with Crippen molar-refractivity contribution in [3.63, 3.8) is 0 Å². The van der Waals surface area contributed by atoms with E-state index in [0.29, 0.717) is 23.7 Å². The molecule has 1 aliphatic heterocycles. The zero-order valence-electron chi connectivity index (χ0n) is 34.8. The smallest absolute Gasteiger partial charge is 0.100 e. The molecule has 5 atom stereocenters. The maximum atomic E-state index is 8.21. The van der Waals surface area contributed by atoms with Crippen LogP contribution in [0.4, 0.5) is 17.1 Å². The van der Waals surface area contributed by atoms with E-state index in [0.717, 1.165) is 35.0 Å². The quantitative estimate of drug-likeness (QED) is 0.167. The van der Waals surface area contributed by atoms with E-state index >= 15 is 0 Å². The summed E-state index contributed by atoms with van der Waals surface area (Å²) in [7, 11) is 0. The summed E-state index contributed by atoms with van der Waals surface area (Å²) in [5, 5.41) is 0. The van der Waals surface area contributed by atoms with Crippen LogP contribution in [-0.4, -0.2) is 0 Å². The molecule has 6 aromatic carbocycles. The van der Waals surface area contributed by atoms with Gasteiger partial charge in [-0.15, -0.1) is 0 Å². The molecular weight excluding hydrogens is 715 g/mol. The molecule has 0 N–H and O–H groups in total. The van der Waals surface area contributed by atoms with Crippen LogP contribution in [0.15, 0.2) is 152 Å². The molecule has 0 amide bonds. The number of hydrogen-bond acceptors (Lipinski definition) is 2. The van der Waals surface area contributed by atoms with Crippen molar-refractivity contribution in [2.75, 3.05) is 4.90 Å². The van der Waals surface area contributed by atoms with Crippen LogP contribution in [0.2, 0.25) is 0 Å². The van der Waals surface area contributed by atoms with Gasteiger partial charge in [0.25, 0.3) is 0 Å². The molecule has 59 heavy (non-hydrogen) atoms. The number of nitrogens with zero attached hydrogens (tertiary/aromatic N) is 1. The minimum Gasteiger partial charge on any atom is -0.358 e. The van der Waals surface area contributed by atoms with Gasteiger partial charge in [-0.1, -0.05) is 123 Å². The molecule has 0 saturated heterocycles. The minimum atomic E-state index is -0.148. The van der Waals surface area contributed by atoms with Crippen LogP contribution in [0, 0.1) is 47.3 Å². The summed E-state index contributed by atoms with van der Waals surface area (Å²) in [6.07, 6.45) is 12.3. The van der Waals surface area contributed by atoms with Crippen LogP contribution in [0.1, 0.15) is 82.8 Å². The molecule has 296 valence electrons. The maximum Gasteiger partial charge on any atom is 0.100 e. The molecule has 2 spiro atoms. The van der Waals surface area contributed by atoms with Gasteiger partial charge in [0.2, 0.25) is 0 Å². The highest BCUT2D eigenvalue weighted by atomic mass is 16.5. The lowest BCUT2D eigenvalue weighted by Gasteiger charge is -2.62. The lowest BCUT2D eigenvalue weighted by atomic mass is 9.48. The van der Waals surface area contributed by atoms with Crippen LogP contribution < -0.4 is 4.90 Å². The Hall–Kier alpha value is -4.92. The van der Waals surface area contributed by atoms with E-state index in [1.54, 1.807) is 11.1 Å². The van der Waals surface area contributed by atoms with Crippen LogP contribution in [0.3, 0.4) is 0 Å². The van der Waals surface area contributed by atoms with Crippen molar-refractivity contribution < 1.29 is 4.74 Å². The van der Waals surface area contributed by atoms with Gasteiger partial charge in [0.1, 0.15) is 11.2 Å². The van der Waals surface area contributed by atoms with Gasteiger partial charge in [0.05, 0.1) is 0 Å². The molecule has 0 radical (unpaired) electrons. The summed E-state index contributed by atoms with van der Waals surface area (Å²) >= 11 is 0. The van der Waals surface area contributed by atoms with E-state index in [9.17, 15) is 0 Å². The van der Waals surface area contributed by atoms with Crippen LogP contribution in [0.25, 0.3) is 33.4 Å². The van der Waals surface area contributed by atoms with E-state index in [1.807, 2.05) is 0 Å². The highest BCUT2D eigenvalue weighted by molar-refractivity contribution is 5.82. The number of rotatable bonds is 6. The zero-order valence-corrected chi connectivity index (χ0v) is 34.8. The third-order valence-electron chi connectivity index (χ3n) is 16.5. The summed E-state index contributed by atoms with van der Waals surface area (Å²) in [6.45, 7) is 5.09. The fourth-order valence-electron chi connectivity index (χ4n) is 14.4. The summed E-state index contributed by atoms with van der Waals surface area (Å²) in [5.41, 5.74) is 13.9. The van der Waals surface area contributed by atoms with Gasteiger partial charge in [-0.25, -0.2) is 0 Å². The molecule has 6 fully saturated rings. The van der Waals surface area contributed by atoms with Crippen LogP contribution in [-0.2, 0) is 15.9 Å². The topological polar surface area (TPSA) is 12.5 Å². The fraction of sp³-hybridized carbons (Fsp3) is 0.368. The molecule has 2 nitrogen and oxygen atoms in total. The Kier molecular flexibility index (Phi) is 8.42. The second-order valence-corrected chi connectivity index (χ2v) is 20.0. The van der Waals surface area contributed by atoms with E-state index < -0.39 is 0 Å². The lowest BCUT2D eigenvalue weighted by Crippen LogP contribution is -2.58. The van der Waals surface area contributed by atoms with Crippen molar-refractivity contribution in [1.82, 2.24) is 0 Å². The molecule has 0 aromatic heterocycles. The normalized spacial score (nSPS) is 32.4. The standard InChI is InChI=1S/C57H57NO/c1-37-26-39-28-38(2)56(48(27-37)30-39)54-25-20-47(36-55(54)57(59-56)49-31-40-29-41(33-49)34-50(57)32-40)46-14-9-15-53(35-46)58(51-21-16-44(17-22-51)42-10-5-3-6-11-42)52-23-18-45(19-24-52)43-12-7-4-8-13-43/h3-25,35-41,48-50H,26-34H2,1-2H3. The van der Waals surface area contributed by atoms with Gasteiger partial charge >= 0.3 is 0 Å². The molecule has 6 aromatic rings. The Balaban J connectivity index is 0.969. The maximum absolute atomic E-state index is 8.21. The van der Waals surface area contributed by atoms with Gasteiger partial charge in [-0.2, -0.15) is 0 Å². The van der Waals surface area contributed by atoms with E-state index in [2.05, 4.69) is 170 Å². The first kappa shape index (κ1) is 36.0. The molecule has 5 unspecified atom stereocenters. The van der Waals surface area contributed by atoms with Gasteiger partial charge in [-0.3, -0.25) is 0 Å². The van der Waals surface area contributed by atoms with Crippen molar-refractivity contribution in [2.24, 2.45) is 47.3 Å². The van der Waals surface area contributed by atoms with Gasteiger partial charge < -0.3 is 9.64 Å².